The first-order chi connectivity index (χ1) is 11.7. The van der Waals surface area contributed by atoms with Crippen molar-refractivity contribution >= 4 is 17.2 Å². The molecule has 1 aromatic carbocycles. The molecule has 0 saturated carbocycles. The average molecular weight is 343 g/mol. The molecule has 1 atom stereocenters. The van der Waals surface area contributed by atoms with Crippen molar-refractivity contribution in [1.29, 1.82) is 0 Å². The van der Waals surface area contributed by atoms with E-state index in [9.17, 15) is 4.79 Å². The molecule has 2 N–H and O–H groups in total. The Morgan fingerprint density at radius 3 is 3.00 bits per heavy atom. The van der Waals surface area contributed by atoms with Crippen LogP contribution in [-0.2, 0) is 11.2 Å². The van der Waals surface area contributed by atoms with E-state index in [0.717, 1.165) is 48.5 Å². The fraction of sp³-hybridized carbons (Fsp3) is 0.444. The van der Waals surface area contributed by atoms with Crippen LogP contribution in [-0.4, -0.2) is 29.6 Å². The molecule has 0 radical (unpaired) electrons. The second-order valence-electron chi connectivity index (χ2n) is 6.54. The molecule has 1 spiro atoms. The third-order valence-electron chi connectivity index (χ3n) is 4.87. The van der Waals surface area contributed by atoms with Crippen molar-refractivity contribution in [2.75, 3.05) is 13.1 Å². The van der Waals surface area contributed by atoms with Gasteiger partial charge in [0.15, 0.2) is 0 Å². The highest BCUT2D eigenvalue weighted by atomic mass is 32.1. The van der Waals surface area contributed by atoms with E-state index in [2.05, 4.69) is 21.7 Å². The Kier molecular flexibility index (Phi) is 4.24. The maximum atomic E-state index is 12.5. The van der Waals surface area contributed by atoms with Crippen molar-refractivity contribution < 1.29 is 9.53 Å². The Morgan fingerprint density at radius 2 is 2.21 bits per heavy atom. The van der Waals surface area contributed by atoms with Crippen LogP contribution < -0.4 is 15.4 Å². The first-order valence-electron chi connectivity index (χ1n) is 8.40. The highest BCUT2D eigenvalue weighted by Gasteiger charge is 2.42. The van der Waals surface area contributed by atoms with Crippen LogP contribution in [0.15, 0.2) is 36.0 Å². The normalized spacial score (nSPS) is 21.8. The molecule has 5 nitrogen and oxygen atoms in total. The number of para-hydroxylation sites is 1. The van der Waals surface area contributed by atoms with E-state index >= 15 is 0 Å². The first-order valence-corrected chi connectivity index (χ1v) is 9.27. The summed E-state index contributed by atoms with van der Waals surface area (Å²) in [6.45, 7) is 1.92. The predicted octanol–water partition coefficient (Wildman–Crippen LogP) is 2.45. The number of ether oxygens (including phenoxy) is 1. The van der Waals surface area contributed by atoms with Crippen molar-refractivity contribution in [3.05, 3.63) is 46.4 Å². The van der Waals surface area contributed by atoms with Crippen LogP contribution in [0.5, 0.6) is 5.75 Å². The number of fused-ring (bicyclic) bond motifs is 1. The summed E-state index contributed by atoms with van der Waals surface area (Å²) in [6, 6.07) is 8.08. The monoisotopic (exact) mass is 343 g/mol. The molecule has 24 heavy (non-hydrogen) atoms. The molecule has 1 unspecified atom stereocenters. The zero-order valence-electron chi connectivity index (χ0n) is 13.5. The number of rotatable bonds is 3. The number of carbonyl (C=O) groups is 1. The van der Waals surface area contributed by atoms with Gasteiger partial charge in [0.1, 0.15) is 11.4 Å². The van der Waals surface area contributed by atoms with Gasteiger partial charge in [-0.15, -0.1) is 11.3 Å². The number of thiazole rings is 1. The van der Waals surface area contributed by atoms with E-state index < -0.39 is 0 Å². The Labute approximate surface area is 145 Å². The number of nitrogens with zero attached hydrogens (tertiary/aromatic N) is 1. The number of piperidine rings is 1. The molecule has 6 heteroatoms. The summed E-state index contributed by atoms with van der Waals surface area (Å²) in [5.74, 6) is 0.957. The van der Waals surface area contributed by atoms with Gasteiger partial charge in [-0.05, 0) is 32.0 Å². The number of amides is 1. The lowest BCUT2D eigenvalue weighted by Crippen LogP contribution is -2.51. The molecule has 1 amide bonds. The predicted molar refractivity (Wildman–Crippen MR) is 93.2 cm³/mol. The minimum Gasteiger partial charge on any atom is -0.487 e. The van der Waals surface area contributed by atoms with Gasteiger partial charge in [0.25, 0.3) is 0 Å². The Balaban J connectivity index is 1.55. The Hall–Kier alpha value is -1.92. The second kappa shape index (κ2) is 6.53. The van der Waals surface area contributed by atoms with E-state index in [1.165, 1.54) is 11.3 Å². The fourth-order valence-electron chi connectivity index (χ4n) is 3.67. The average Bonchev–Trinajstić information content (AvgIpc) is 3.08. The van der Waals surface area contributed by atoms with Gasteiger partial charge in [-0.1, -0.05) is 18.2 Å². The Morgan fingerprint density at radius 1 is 1.38 bits per heavy atom. The molecule has 4 rings (SSSR count). The molecule has 1 aromatic heterocycles. The largest absolute Gasteiger partial charge is 0.487 e. The molecule has 2 aliphatic rings. The summed E-state index contributed by atoms with van der Waals surface area (Å²) >= 11 is 1.52. The molecule has 3 heterocycles. The molecule has 126 valence electrons. The fourth-order valence-corrected chi connectivity index (χ4v) is 4.26. The lowest BCUT2D eigenvalue weighted by molar-refractivity contribution is -0.121. The molecular weight excluding hydrogens is 322 g/mol. The van der Waals surface area contributed by atoms with Crippen molar-refractivity contribution in [2.24, 2.45) is 0 Å². The highest BCUT2D eigenvalue weighted by Crippen LogP contribution is 2.43. The van der Waals surface area contributed by atoms with Gasteiger partial charge in [-0.3, -0.25) is 9.78 Å². The Bertz CT molecular complexity index is 711. The van der Waals surface area contributed by atoms with Crippen LogP contribution in [0.25, 0.3) is 0 Å². The highest BCUT2D eigenvalue weighted by molar-refractivity contribution is 7.09. The SMILES string of the molecule is O=C(Cc1cncs1)NC1CC2(CCNCC2)Oc2ccccc21. The summed E-state index contributed by atoms with van der Waals surface area (Å²) in [7, 11) is 0. The van der Waals surface area contributed by atoms with Gasteiger partial charge in [0, 0.05) is 23.1 Å². The minimum atomic E-state index is -0.165. The van der Waals surface area contributed by atoms with Crippen LogP contribution in [0.2, 0.25) is 0 Å². The summed E-state index contributed by atoms with van der Waals surface area (Å²) in [5, 5.41) is 6.62. The standard InChI is InChI=1S/C18H21N3O2S/c22-17(9-13-11-20-12-24-13)21-15-10-18(5-7-19-8-6-18)23-16-4-2-1-3-14(15)16/h1-4,11-12,15,19H,5-10H2,(H,21,22). The lowest BCUT2D eigenvalue weighted by Gasteiger charge is -2.44. The quantitative estimate of drug-likeness (QED) is 0.899. The van der Waals surface area contributed by atoms with Gasteiger partial charge >= 0.3 is 0 Å². The zero-order valence-corrected chi connectivity index (χ0v) is 14.3. The molecule has 0 bridgehead atoms. The molecule has 2 aliphatic heterocycles. The summed E-state index contributed by atoms with van der Waals surface area (Å²) in [5.41, 5.74) is 2.68. The van der Waals surface area contributed by atoms with Gasteiger partial charge < -0.3 is 15.4 Å². The minimum absolute atomic E-state index is 0.00784. The molecule has 1 fully saturated rings. The van der Waals surface area contributed by atoms with Gasteiger partial charge in [-0.2, -0.15) is 0 Å². The van der Waals surface area contributed by atoms with Crippen molar-refractivity contribution in [2.45, 2.75) is 37.3 Å². The van der Waals surface area contributed by atoms with E-state index in [1.807, 2.05) is 18.2 Å². The summed E-state index contributed by atoms with van der Waals surface area (Å²) < 4.78 is 6.38. The third kappa shape index (κ3) is 3.16. The van der Waals surface area contributed by atoms with Crippen molar-refractivity contribution in [3.63, 3.8) is 0 Å². The van der Waals surface area contributed by atoms with E-state index in [4.69, 9.17) is 4.74 Å². The van der Waals surface area contributed by atoms with Crippen LogP contribution in [0.4, 0.5) is 0 Å². The number of hydrogen-bond donors (Lipinski definition) is 2. The molecule has 2 aromatic rings. The first kappa shape index (κ1) is 15.6. The lowest BCUT2D eigenvalue weighted by atomic mass is 9.81. The number of aromatic nitrogens is 1. The van der Waals surface area contributed by atoms with E-state index in [0.29, 0.717) is 6.42 Å². The third-order valence-corrected chi connectivity index (χ3v) is 5.64. The number of hydrogen-bond acceptors (Lipinski definition) is 5. The van der Waals surface area contributed by atoms with Crippen molar-refractivity contribution in [1.82, 2.24) is 15.6 Å². The number of nitrogens with one attached hydrogen (secondary N) is 2. The maximum Gasteiger partial charge on any atom is 0.225 e. The van der Waals surface area contributed by atoms with E-state index in [-0.39, 0.29) is 17.6 Å². The van der Waals surface area contributed by atoms with Crippen LogP contribution in [0.1, 0.15) is 35.7 Å². The van der Waals surface area contributed by atoms with Crippen LogP contribution >= 0.6 is 11.3 Å². The topological polar surface area (TPSA) is 63.2 Å². The van der Waals surface area contributed by atoms with Crippen LogP contribution in [0.3, 0.4) is 0 Å². The molecular formula is C18H21N3O2S. The van der Waals surface area contributed by atoms with E-state index in [1.54, 1.807) is 11.7 Å². The molecule has 1 saturated heterocycles. The maximum absolute atomic E-state index is 12.5. The zero-order chi connectivity index (χ0) is 16.4. The second-order valence-corrected chi connectivity index (χ2v) is 7.51. The summed E-state index contributed by atoms with van der Waals surface area (Å²) in [4.78, 5) is 17.5. The number of benzene rings is 1. The van der Waals surface area contributed by atoms with Gasteiger partial charge in [-0.25, -0.2) is 0 Å². The van der Waals surface area contributed by atoms with Gasteiger partial charge in [0.05, 0.1) is 18.0 Å². The summed E-state index contributed by atoms with van der Waals surface area (Å²) in [6.07, 6.45) is 4.93. The molecule has 0 aliphatic carbocycles. The van der Waals surface area contributed by atoms with Crippen molar-refractivity contribution in [3.8, 4) is 5.75 Å². The smallest absolute Gasteiger partial charge is 0.225 e. The number of carbonyl (C=O) groups excluding carboxylic acids is 1. The van der Waals surface area contributed by atoms with Gasteiger partial charge in [0.2, 0.25) is 5.91 Å². The van der Waals surface area contributed by atoms with Crippen LogP contribution in [0, 0.1) is 0 Å².